The molecule has 1 heterocycles. The van der Waals surface area contributed by atoms with Crippen molar-refractivity contribution in [3.63, 3.8) is 0 Å². The van der Waals surface area contributed by atoms with E-state index >= 15 is 0 Å². The van der Waals surface area contributed by atoms with Crippen LogP contribution in [0.15, 0.2) is 66.2 Å². The van der Waals surface area contributed by atoms with Gasteiger partial charge in [0.15, 0.2) is 5.96 Å². The number of halogens is 1. The molecule has 0 saturated carbocycles. The van der Waals surface area contributed by atoms with Gasteiger partial charge in [-0.05, 0) is 29.3 Å². The number of imidazole rings is 1. The Morgan fingerprint density at radius 1 is 1.23 bits per heavy atom. The van der Waals surface area contributed by atoms with Crippen molar-refractivity contribution in [2.75, 3.05) is 12.4 Å². The number of aromatic nitrogens is 2. The molecule has 6 nitrogen and oxygen atoms in total. The van der Waals surface area contributed by atoms with Gasteiger partial charge in [0.05, 0.1) is 25.0 Å². The first-order chi connectivity index (χ1) is 12.6. The summed E-state index contributed by atoms with van der Waals surface area (Å²) in [6.07, 6.45) is 5.51. The molecule has 0 radical (unpaired) electrons. The molecular formula is C19H20ClN5O. The van der Waals surface area contributed by atoms with Crippen LogP contribution in [0, 0.1) is 0 Å². The molecule has 0 fully saturated rings. The van der Waals surface area contributed by atoms with E-state index in [1.54, 1.807) is 31.8 Å². The summed E-state index contributed by atoms with van der Waals surface area (Å²) in [5, 5.41) is 3.54. The number of nitrogens with zero attached hydrogens (tertiary/aromatic N) is 3. The number of hydrogen-bond donors (Lipinski definition) is 2. The standard InChI is InChI=1S/C19H20ClN5O/c1-26-18-7-6-16(10-17(18)20)24-19(21)23-11-14-2-4-15(5-3-14)12-25-9-8-22-13-25/h2-10,13H,11-12H2,1H3,(H3,21,23,24). The molecule has 0 spiro atoms. The van der Waals surface area contributed by atoms with Crippen molar-refractivity contribution < 1.29 is 4.74 Å². The lowest BCUT2D eigenvalue weighted by atomic mass is 10.1. The second-order valence-electron chi connectivity index (χ2n) is 5.73. The molecule has 26 heavy (non-hydrogen) atoms. The van der Waals surface area contributed by atoms with Crippen LogP contribution in [0.5, 0.6) is 5.75 Å². The average molecular weight is 370 g/mol. The van der Waals surface area contributed by atoms with Crippen molar-refractivity contribution in [2.24, 2.45) is 10.7 Å². The molecule has 0 aliphatic rings. The summed E-state index contributed by atoms with van der Waals surface area (Å²) in [5.41, 5.74) is 8.99. The molecule has 2 aromatic carbocycles. The SMILES string of the molecule is COc1ccc(NC(N)=NCc2ccc(Cn3ccnc3)cc2)cc1Cl. The van der Waals surface area contributed by atoms with Crippen molar-refractivity contribution in [3.05, 3.63) is 77.3 Å². The molecule has 1 aromatic heterocycles. The molecule has 3 rings (SSSR count). The molecule has 3 N–H and O–H groups in total. The smallest absolute Gasteiger partial charge is 0.193 e. The lowest BCUT2D eigenvalue weighted by Gasteiger charge is -2.08. The van der Waals surface area contributed by atoms with Gasteiger partial charge >= 0.3 is 0 Å². The van der Waals surface area contributed by atoms with Gasteiger partial charge in [0.2, 0.25) is 0 Å². The number of benzene rings is 2. The molecule has 0 unspecified atom stereocenters. The summed E-state index contributed by atoms with van der Waals surface area (Å²) in [4.78, 5) is 8.40. The molecular weight excluding hydrogens is 350 g/mol. The van der Waals surface area contributed by atoms with Gasteiger partial charge in [-0.15, -0.1) is 0 Å². The number of anilines is 1. The zero-order valence-electron chi connectivity index (χ0n) is 14.4. The van der Waals surface area contributed by atoms with Crippen molar-refractivity contribution in [3.8, 4) is 5.75 Å². The zero-order chi connectivity index (χ0) is 18.4. The van der Waals surface area contributed by atoms with Gasteiger partial charge < -0.3 is 20.4 Å². The van der Waals surface area contributed by atoms with Crippen molar-refractivity contribution in [2.45, 2.75) is 13.1 Å². The first-order valence-electron chi connectivity index (χ1n) is 8.08. The second-order valence-corrected chi connectivity index (χ2v) is 6.13. The number of hydrogen-bond acceptors (Lipinski definition) is 3. The Balaban J connectivity index is 1.57. The van der Waals surface area contributed by atoms with E-state index in [1.165, 1.54) is 5.56 Å². The fourth-order valence-corrected chi connectivity index (χ4v) is 2.71. The van der Waals surface area contributed by atoms with E-state index in [-0.39, 0.29) is 0 Å². The minimum Gasteiger partial charge on any atom is -0.495 e. The van der Waals surface area contributed by atoms with Gasteiger partial charge in [-0.3, -0.25) is 0 Å². The number of guanidine groups is 1. The lowest BCUT2D eigenvalue weighted by Crippen LogP contribution is -2.22. The van der Waals surface area contributed by atoms with Crippen LogP contribution >= 0.6 is 11.6 Å². The quantitative estimate of drug-likeness (QED) is 0.514. The summed E-state index contributed by atoms with van der Waals surface area (Å²) in [7, 11) is 1.57. The van der Waals surface area contributed by atoms with Crippen LogP contribution in [0.25, 0.3) is 0 Å². The van der Waals surface area contributed by atoms with E-state index in [4.69, 9.17) is 22.1 Å². The Morgan fingerprint density at radius 2 is 2.00 bits per heavy atom. The fraction of sp³-hybridized carbons (Fsp3) is 0.158. The van der Waals surface area contributed by atoms with Crippen molar-refractivity contribution in [1.29, 1.82) is 0 Å². The Labute approximate surface area is 157 Å². The third kappa shape index (κ3) is 4.77. The number of nitrogens with one attached hydrogen (secondary N) is 1. The summed E-state index contributed by atoms with van der Waals surface area (Å²) < 4.78 is 7.15. The molecule has 0 atom stereocenters. The van der Waals surface area contributed by atoms with Crippen LogP contribution in [0.3, 0.4) is 0 Å². The maximum Gasteiger partial charge on any atom is 0.193 e. The summed E-state index contributed by atoms with van der Waals surface area (Å²) in [6, 6.07) is 13.6. The van der Waals surface area contributed by atoms with E-state index in [2.05, 4.69) is 27.4 Å². The number of methoxy groups -OCH3 is 1. The number of ether oxygens (including phenoxy) is 1. The Morgan fingerprint density at radius 3 is 2.65 bits per heavy atom. The predicted molar refractivity (Wildman–Crippen MR) is 105 cm³/mol. The zero-order valence-corrected chi connectivity index (χ0v) is 15.1. The molecule has 134 valence electrons. The molecule has 3 aromatic rings. The van der Waals surface area contributed by atoms with Crippen LogP contribution in [0.1, 0.15) is 11.1 Å². The van der Waals surface area contributed by atoms with E-state index < -0.39 is 0 Å². The minimum atomic E-state index is 0.328. The van der Waals surface area contributed by atoms with Gasteiger partial charge in [0, 0.05) is 24.6 Å². The van der Waals surface area contributed by atoms with E-state index in [0.717, 1.165) is 17.8 Å². The highest BCUT2D eigenvalue weighted by molar-refractivity contribution is 6.32. The van der Waals surface area contributed by atoms with Gasteiger partial charge in [0.25, 0.3) is 0 Å². The van der Waals surface area contributed by atoms with Crippen molar-refractivity contribution >= 4 is 23.2 Å². The maximum absolute atomic E-state index is 6.10. The Bertz CT molecular complexity index is 875. The van der Waals surface area contributed by atoms with Gasteiger partial charge in [-0.1, -0.05) is 35.9 Å². The maximum atomic E-state index is 6.10. The number of nitrogens with two attached hydrogens (primary N) is 1. The average Bonchev–Trinajstić information content (AvgIpc) is 3.14. The Hall–Kier alpha value is -2.99. The van der Waals surface area contributed by atoms with Gasteiger partial charge in [0.1, 0.15) is 5.75 Å². The van der Waals surface area contributed by atoms with Crippen LogP contribution in [-0.4, -0.2) is 22.6 Å². The highest BCUT2D eigenvalue weighted by Gasteiger charge is 2.03. The molecule has 0 amide bonds. The van der Waals surface area contributed by atoms with Crippen LogP contribution in [0.2, 0.25) is 5.02 Å². The van der Waals surface area contributed by atoms with E-state index in [1.807, 2.05) is 29.0 Å². The molecule has 0 aliphatic heterocycles. The fourth-order valence-electron chi connectivity index (χ4n) is 2.45. The van der Waals surface area contributed by atoms with Gasteiger partial charge in [-0.2, -0.15) is 0 Å². The Kier molecular flexibility index (Phi) is 5.76. The van der Waals surface area contributed by atoms with E-state index in [9.17, 15) is 0 Å². The topological polar surface area (TPSA) is 77.5 Å². The number of aliphatic imine (C=N–C) groups is 1. The van der Waals surface area contributed by atoms with Crippen molar-refractivity contribution in [1.82, 2.24) is 9.55 Å². The van der Waals surface area contributed by atoms with Crippen LogP contribution in [-0.2, 0) is 13.1 Å². The highest BCUT2D eigenvalue weighted by Crippen LogP contribution is 2.27. The predicted octanol–water partition coefficient (Wildman–Crippen LogP) is 3.52. The largest absolute Gasteiger partial charge is 0.495 e. The third-order valence-electron chi connectivity index (χ3n) is 3.80. The summed E-state index contributed by atoms with van der Waals surface area (Å²) in [5.74, 6) is 0.942. The lowest BCUT2D eigenvalue weighted by molar-refractivity contribution is 0.415. The van der Waals surface area contributed by atoms with E-state index in [0.29, 0.717) is 23.3 Å². The molecule has 0 saturated heterocycles. The molecule has 7 heteroatoms. The van der Waals surface area contributed by atoms with Crippen LogP contribution in [0.4, 0.5) is 5.69 Å². The number of rotatable bonds is 6. The minimum absolute atomic E-state index is 0.328. The summed E-state index contributed by atoms with van der Waals surface area (Å²) in [6.45, 7) is 1.29. The monoisotopic (exact) mass is 369 g/mol. The summed E-state index contributed by atoms with van der Waals surface area (Å²) >= 11 is 6.10. The first kappa shape index (κ1) is 17.8. The van der Waals surface area contributed by atoms with Gasteiger partial charge in [-0.25, -0.2) is 9.98 Å². The molecule has 0 bridgehead atoms. The first-order valence-corrected chi connectivity index (χ1v) is 8.46. The molecule has 0 aliphatic carbocycles. The second kappa shape index (κ2) is 8.40. The third-order valence-corrected chi connectivity index (χ3v) is 4.10. The van der Waals surface area contributed by atoms with Crippen LogP contribution < -0.4 is 15.8 Å². The normalized spacial score (nSPS) is 11.4. The highest BCUT2D eigenvalue weighted by atomic mass is 35.5.